The smallest absolute Gasteiger partial charge is 0.453 e. The van der Waals surface area contributed by atoms with E-state index in [0.717, 1.165) is 64.2 Å². The van der Waals surface area contributed by atoms with Crippen LogP contribution in [0.15, 0.2) is 18.2 Å². The number of alkyl halides is 5. The molecule has 1 aromatic carbocycles. The molecule has 4 rings (SSSR count). The van der Waals surface area contributed by atoms with Crippen molar-refractivity contribution in [2.75, 3.05) is 11.4 Å². The maximum absolute atomic E-state index is 13.2. The maximum Gasteiger partial charge on any atom is 0.453 e. The predicted octanol–water partition coefficient (Wildman–Crippen LogP) is 8.68. The van der Waals surface area contributed by atoms with Crippen molar-refractivity contribution in [3.05, 3.63) is 29.3 Å². The number of aliphatic hydroxyl groups excluding tert-OH is 1. The van der Waals surface area contributed by atoms with Crippen LogP contribution in [-0.4, -0.2) is 44.0 Å². The Morgan fingerprint density at radius 3 is 2.34 bits per heavy atom. The Kier molecular flexibility index (Phi) is 9.07. The summed E-state index contributed by atoms with van der Waals surface area (Å²) in [5.41, 5.74) is -3.04. The van der Waals surface area contributed by atoms with Gasteiger partial charge in [0.05, 0.1) is 6.10 Å². The van der Waals surface area contributed by atoms with Crippen molar-refractivity contribution in [1.82, 2.24) is 0 Å². The topological polar surface area (TPSA) is 57.5 Å². The van der Waals surface area contributed by atoms with Crippen LogP contribution in [0.4, 0.5) is 22.0 Å². The lowest BCUT2D eigenvalue weighted by Gasteiger charge is -2.53. The minimum Gasteiger partial charge on any atom is -0.508 e. The van der Waals surface area contributed by atoms with Crippen LogP contribution >= 0.6 is 0 Å². The third kappa shape index (κ3) is 7.66. The molecule has 2 saturated carbocycles. The molecule has 3 aliphatic rings. The van der Waals surface area contributed by atoms with Crippen molar-refractivity contribution >= 4 is 10.8 Å². The van der Waals surface area contributed by atoms with E-state index in [4.69, 9.17) is 5.48 Å². The van der Waals surface area contributed by atoms with Gasteiger partial charge in [0.25, 0.3) is 0 Å². The Bertz CT molecular complexity index is 1200. The summed E-state index contributed by atoms with van der Waals surface area (Å²) < 4.78 is 108. The van der Waals surface area contributed by atoms with Gasteiger partial charge in [0, 0.05) is 34.1 Å². The van der Waals surface area contributed by atoms with Crippen molar-refractivity contribution in [2.24, 2.45) is 23.2 Å². The minimum atomic E-state index is -5.85. The molecule has 234 valence electrons. The van der Waals surface area contributed by atoms with Crippen LogP contribution in [-0.2, 0) is 17.2 Å². The van der Waals surface area contributed by atoms with E-state index in [1.54, 1.807) is 6.07 Å². The second kappa shape index (κ2) is 13.6. The highest BCUT2D eigenvalue weighted by molar-refractivity contribution is 7.84. The molecule has 2 N–H and O–H groups in total. The second-order valence-corrected chi connectivity index (χ2v) is 13.8. The zero-order valence-electron chi connectivity index (χ0n) is 27.8. The van der Waals surface area contributed by atoms with Gasteiger partial charge in [-0.2, -0.15) is 22.0 Å². The largest absolute Gasteiger partial charge is 0.508 e. The molecule has 0 aromatic heterocycles. The van der Waals surface area contributed by atoms with E-state index in [1.165, 1.54) is 11.1 Å². The molecular weight excluding hydrogens is 559 g/mol. The summed E-state index contributed by atoms with van der Waals surface area (Å²) in [4.78, 5) is 0. The first-order valence-electron chi connectivity index (χ1n) is 17.2. The third-order valence-electron chi connectivity index (χ3n) is 10.2. The quantitative estimate of drug-likeness (QED) is 0.164. The lowest BCUT2D eigenvalue weighted by Crippen LogP contribution is -2.47. The van der Waals surface area contributed by atoms with Crippen LogP contribution in [0.3, 0.4) is 0 Å². The van der Waals surface area contributed by atoms with E-state index < -0.39 is 47.1 Å². The molecule has 0 spiro atoms. The molecule has 9 heteroatoms. The summed E-state index contributed by atoms with van der Waals surface area (Å²) in [6.45, 7) is 2.26. The second-order valence-electron chi connectivity index (χ2n) is 12.7. The zero-order valence-corrected chi connectivity index (χ0v) is 24.6. The molecule has 0 heterocycles. The number of benzene rings is 1. The summed E-state index contributed by atoms with van der Waals surface area (Å²) in [5.74, 6) is -2.97. The lowest BCUT2D eigenvalue weighted by molar-refractivity contribution is -0.284. The summed E-state index contributed by atoms with van der Waals surface area (Å²) >= 11 is 0. The van der Waals surface area contributed by atoms with E-state index in [9.17, 15) is 36.4 Å². The summed E-state index contributed by atoms with van der Waals surface area (Å²) in [5, 5.41) is 21.0. The summed E-state index contributed by atoms with van der Waals surface area (Å²) in [7, 11) is -2.91. The first-order valence-corrected chi connectivity index (χ1v) is 16.3. The van der Waals surface area contributed by atoms with Gasteiger partial charge < -0.3 is 10.2 Å². The summed E-state index contributed by atoms with van der Waals surface area (Å²) in [6, 6.07) is 5.78. The monoisotopic (exact) mass is 610 g/mol. The number of halogens is 5. The van der Waals surface area contributed by atoms with Gasteiger partial charge in [0.2, 0.25) is 0 Å². The van der Waals surface area contributed by atoms with Crippen LogP contribution in [0, 0.1) is 23.2 Å². The van der Waals surface area contributed by atoms with Crippen molar-refractivity contribution in [3.63, 3.8) is 0 Å². The molecule has 0 saturated heterocycles. The van der Waals surface area contributed by atoms with Crippen LogP contribution in [0.2, 0.25) is 0 Å². The number of aromatic hydroxyl groups is 1. The number of phenolic OH excluding ortho intramolecular Hbond substituents is 1. The number of hydrogen-bond acceptors (Lipinski definition) is 3. The molecule has 0 radical (unpaired) electrons. The van der Waals surface area contributed by atoms with Gasteiger partial charge >= 0.3 is 12.1 Å². The number of unbranched alkanes of at least 4 members (excludes halogenated alkanes) is 5. The number of fused-ring (bicyclic) bond motifs is 5. The number of hydrogen-bond donors (Lipinski definition) is 2. The highest BCUT2D eigenvalue weighted by atomic mass is 32.2. The van der Waals surface area contributed by atoms with Gasteiger partial charge in [0.15, 0.2) is 0 Å². The average Bonchev–Trinajstić information content (AvgIpc) is 3.25. The van der Waals surface area contributed by atoms with E-state index in [1.807, 2.05) is 6.07 Å². The van der Waals surface area contributed by atoms with Gasteiger partial charge in [0.1, 0.15) is 5.75 Å². The highest BCUT2D eigenvalue weighted by Gasteiger charge is 2.57. The molecule has 3 aliphatic carbocycles. The number of phenols is 1. The van der Waals surface area contributed by atoms with Gasteiger partial charge in [-0.1, -0.05) is 51.5 Å². The lowest BCUT2D eigenvalue weighted by atomic mass is 9.52. The fraction of sp³-hybridized carbons (Fsp3) is 0.812. The van der Waals surface area contributed by atoms with E-state index >= 15 is 0 Å². The SMILES string of the molecule is [2H]C([2H])(CCCCCCCC[C@@H]1Cc2cc(O)ccc2C2CC[C@]3(C)[C@@H](O)CC[C@H]3C21)S(=O)C([2H])([2H])CCC(F)(F)C(F)(F)F. The molecule has 0 amide bonds. The molecule has 1 aromatic rings. The van der Waals surface area contributed by atoms with E-state index in [2.05, 4.69) is 13.0 Å². The van der Waals surface area contributed by atoms with Crippen LogP contribution in [0.25, 0.3) is 0 Å². The Morgan fingerprint density at radius 2 is 1.63 bits per heavy atom. The molecule has 2 fully saturated rings. The van der Waals surface area contributed by atoms with Crippen molar-refractivity contribution in [3.8, 4) is 5.75 Å². The molecule has 3 nitrogen and oxygen atoms in total. The molecule has 7 atom stereocenters. The fourth-order valence-corrected chi connectivity index (χ4v) is 8.65. The number of aliphatic hydroxyl groups is 1. The number of rotatable bonds is 14. The Morgan fingerprint density at radius 1 is 0.976 bits per heavy atom. The molecule has 41 heavy (non-hydrogen) atoms. The molecule has 0 bridgehead atoms. The average molecular weight is 611 g/mol. The molecule has 0 aliphatic heterocycles. The first kappa shape index (κ1) is 27.3. The van der Waals surface area contributed by atoms with E-state index in [-0.39, 0.29) is 23.7 Å². The maximum atomic E-state index is 13.2. The first-order chi connectivity index (χ1) is 20.8. The van der Waals surface area contributed by atoms with Gasteiger partial charge in [-0.15, -0.1) is 0 Å². The van der Waals surface area contributed by atoms with Gasteiger partial charge in [-0.3, -0.25) is 4.21 Å². The van der Waals surface area contributed by atoms with Crippen LogP contribution < -0.4 is 0 Å². The predicted molar refractivity (Wildman–Crippen MR) is 153 cm³/mol. The highest BCUT2D eigenvalue weighted by Crippen LogP contribution is 2.62. The van der Waals surface area contributed by atoms with Crippen molar-refractivity contribution < 1.29 is 41.9 Å². The Labute approximate surface area is 249 Å². The standard InChI is InChI=1S/C32H47F5O3S/c1-30-17-15-26-25-12-11-24(38)21-23(25)20-22(29(26)27(30)13-14-28(30)39)10-7-5-3-2-4-6-8-18-41(40)19-9-16-31(33,34)32(35,36)37/h11-12,21-22,26-29,38-39H,2-10,13-20H2,1H3/t22-,26?,27+,28+,29?,30+,41?/m1/s1/i18D2,19D2. The zero-order chi connectivity index (χ0) is 33.4. The summed E-state index contributed by atoms with van der Waals surface area (Å²) in [6.07, 6.45) is 0.822. The van der Waals surface area contributed by atoms with Crippen molar-refractivity contribution in [2.45, 2.75) is 127 Å². The van der Waals surface area contributed by atoms with E-state index in [0.29, 0.717) is 36.5 Å². The Hall–Kier alpha value is -1.22. The van der Waals surface area contributed by atoms with Crippen LogP contribution in [0.5, 0.6) is 5.75 Å². The molecule has 3 unspecified atom stereocenters. The Balaban J connectivity index is 1.22. The molecular formula is C32H47F5O3S. The minimum absolute atomic E-state index is 0.0455. The van der Waals surface area contributed by atoms with Crippen molar-refractivity contribution in [1.29, 1.82) is 0 Å². The normalized spacial score (nSPS) is 32.6. The van der Waals surface area contributed by atoms with Gasteiger partial charge in [-0.05, 0) is 104 Å². The van der Waals surface area contributed by atoms with Gasteiger partial charge in [-0.25, -0.2) is 0 Å². The third-order valence-corrected chi connectivity index (χ3v) is 11.1. The van der Waals surface area contributed by atoms with Crippen LogP contribution in [0.1, 0.15) is 119 Å². The fourth-order valence-electron chi connectivity index (χ4n) is 7.93.